The van der Waals surface area contributed by atoms with Crippen molar-refractivity contribution in [2.24, 2.45) is 0 Å². The number of carboxylic acid groups (broad SMARTS) is 1. The van der Waals surface area contributed by atoms with E-state index in [1.54, 1.807) is 24.3 Å². The molecule has 0 radical (unpaired) electrons. The molecule has 1 aromatic heterocycles. The molecule has 96 valence electrons. The first kappa shape index (κ1) is 13.0. The van der Waals surface area contributed by atoms with E-state index in [1.807, 2.05) is 0 Å². The Morgan fingerprint density at radius 2 is 1.63 bits per heavy atom. The van der Waals surface area contributed by atoms with E-state index in [9.17, 15) is 9.59 Å². The number of carboxylic acids is 1. The number of nitrogens with one attached hydrogen (secondary N) is 1. The summed E-state index contributed by atoms with van der Waals surface area (Å²) in [4.78, 5) is 30.2. The third-order valence-electron chi connectivity index (χ3n) is 2.22. The first-order chi connectivity index (χ1) is 9.08. The highest BCUT2D eigenvalue weighted by molar-refractivity contribution is 6.30. The van der Waals surface area contributed by atoms with Crippen LogP contribution in [0, 0.1) is 0 Å². The Kier molecular flexibility index (Phi) is 3.72. The van der Waals surface area contributed by atoms with E-state index < -0.39 is 17.6 Å². The van der Waals surface area contributed by atoms with Crippen LogP contribution in [0.3, 0.4) is 0 Å². The van der Waals surface area contributed by atoms with Gasteiger partial charge in [-0.1, -0.05) is 11.6 Å². The number of anilines is 1. The van der Waals surface area contributed by atoms with Gasteiger partial charge >= 0.3 is 5.97 Å². The van der Waals surface area contributed by atoms with Crippen LogP contribution in [-0.2, 0) is 0 Å². The molecule has 0 aliphatic rings. The van der Waals surface area contributed by atoms with Crippen molar-refractivity contribution in [3.05, 3.63) is 53.1 Å². The summed E-state index contributed by atoms with van der Waals surface area (Å²) in [5.41, 5.74) is -0.157. The molecule has 0 aliphatic carbocycles. The lowest BCUT2D eigenvalue weighted by atomic mass is 10.2. The van der Waals surface area contributed by atoms with Gasteiger partial charge in [0.1, 0.15) is 0 Å². The van der Waals surface area contributed by atoms with Crippen molar-refractivity contribution in [1.82, 2.24) is 9.97 Å². The van der Waals surface area contributed by atoms with Crippen LogP contribution in [0.4, 0.5) is 5.69 Å². The molecule has 2 aromatic rings. The van der Waals surface area contributed by atoms with E-state index in [0.717, 1.165) is 0 Å². The van der Waals surface area contributed by atoms with Gasteiger partial charge in [0.05, 0.1) is 0 Å². The number of hydrogen-bond acceptors (Lipinski definition) is 4. The Labute approximate surface area is 113 Å². The zero-order valence-electron chi connectivity index (χ0n) is 9.50. The summed E-state index contributed by atoms with van der Waals surface area (Å²) < 4.78 is 0. The Morgan fingerprint density at radius 1 is 1.05 bits per heavy atom. The summed E-state index contributed by atoms with van der Waals surface area (Å²) in [5, 5.41) is 12.0. The van der Waals surface area contributed by atoms with Crippen LogP contribution < -0.4 is 5.32 Å². The molecule has 0 spiro atoms. The number of nitrogens with zero attached hydrogens (tertiary/aromatic N) is 2. The lowest BCUT2D eigenvalue weighted by Crippen LogP contribution is -2.19. The average Bonchev–Trinajstić information content (AvgIpc) is 2.41. The molecule has 0 saturated heterocycles. The minimum Gasteiger partial charge on any atom is -0.476 e. The van der Waals surface area contributed by atoms with E-state index in [1.165, 1.54) is 12.4 Å². The summed E-state index contributed by atoms with van der Waals surface area (Å²) in [6.45, 7) is 0. The molecule has 0 atom stereocenters. The van der Waals surface area contributed by atoms with E-state index >= 15 is 0 Å². The number of carbonyl (C=O) groups is 2. The molecule has 6 nitrogen and oxygen atoms in total. The van der Waals surface area contributed by atoms with Gasteiger partial charge in [-0.3, -0.25) is 4.79 Å². The molecule has 2 rings (SSSR count). The molecule has 19 heavy (non-hydrogen) atoms. The van der Waals surface area contributed by atoms with Gasteiger partial charge in [0.15, 0.2) is 11.4 Å². The van der Waals surface area contributed by atoms with E-state index in [4.69, 9.17) is 16.7 Å². The van der Waals surface area contributed by atoms with Crippen molar-refractivity contribution >= 4 is 29.2 Å². The third-order valence-corrected chi connectivity index (χ3v) is 2.47. The van der Waals surface area contributed by atoms with Crippen molar-refractivity contribution in [1.29, 1.82) is 0 Å². The zero-order chi connectivity index (χ0) is 13.8. The number of aromatic carboxylic acids is 1. The van der Waals surface area contributed by atoms with Crippen molar-refractivity contribution in [3.8, 4) is 0 Å². The van der Waals surface area contributed by atoms with Gasteiger partial charge in [-0.15, -0.1) is 0 Å². The standard InChI is InChI=1S/C12H8ClN3O3/c13-7-1-3-8(4-2-7)16-11(17)9-10(12(18)19)15-6-5-14-9/h1-6H,(H,16,17)(H,18,19). The van der Waals surface area contributed by atoms with Gasteiger partial charge in [0.25, 0.3) is 5.91 Å². The largest absolute Gasteiger partial charge is 0.476 e. The van der Waals surface area contributed by atoms with Crippen molar-refractivity contribution in [2.45, 2.75) is 0 Å². The summed E-state index contributed by atoms with van der Waals surface area (Å²) in [7, 11) is 0. The lowest BCUT2D eigenvalue weighted by molar-refractivity contribution is 0.0685. The van der Waals surface area contributed by atoms with Gasteiger partial charge in [0, 0.05) is 23.1 Å². The predicted molar refractivity (Wildman–Crippen MR) is 68.4 cm³/mol. The lowest BCUT2D eigenvalue weighted by Gasteiger charge is -2.06. The average molecular weight is 278 g/mol. The summed E-state index contributed by atoms with van der Waals surface area (Å²) in [6.07, 6.45) is 2.46. The van der Waals surface area contributed by atoms with Crippen LogP contribution in [0.1, 0.15) is 21.0 Å². The Bertz CT molecular complexity index is 628. The van der Waals surface area contributed by atoms with Gasteiger partial charge in [-0.25, -0.2) is 14.8 Å². The Balaban J connectivity index is 2.25. The van der Waals surface area contributed by atoms with Crippen LogP contribution in [0.5, 0.6) is 0 Å². The number of carbonyl (C=O) groups excluding carboxylic acids is 1. The predicted octanol–water partition coefficient (Wildman–Crippen LogP) is 2.08. The second-order valence-corrected chi connectivity index (χ2v) is 3.96. The number of rotatable bonds is 3. The number of hydrogen-bond donors (Lipinski definition) is 2. The van der Waals surface area contributed by atoms with Gasteiger partial charge in [0.2, 0.25) is 0 Å². The van der Waals surface area contributed by atoms with Crippen LogP contribution in [-0.4, -0.2) is 27.0 Å². The van der Waals surface area contributed by atoms with Crippen LogP contribution in [0.2, 0.25) is 5.02 Å². The molecule has 1 aromatic carbocycles. The number of amides is 1. The SMILES string of the molecule is O=C(O)c1nccnc1C(=O)Nc1ccc(Cl)cc1. The Morgan fingerprint density at radius 3 is 2.21 bits per heavy atom. The van der Waals surface area contributed by atoms with E-state index in [2.05, 4.69) is 15.3 Å². The quantitative estimate of drug-likeness (QED) is 0.896. The zero-order valence-corrected chi connectivity index (χ0v) is 10.3. The molecule has 0 unspecified atom stereocenters. The first-order valence-corrected chi connectivity index (χ1v) is 5.57. The number of halogens is 1. The summed E-state index contributed by atoms with van der Waals surface area (Å²) in [6, 6.07) is 6.39. The molecule has 0 bridgehead atoms. The molecule has 7 heteroatoms. The maximum atomic E-state index is 11.9. The molecule has 2 N–H and O–H groups in total. The van der Waals surface area contributed by atoms with Gasteiger partial charge in [-0.2, -0.15) is 0 Å². The van der Waals surface area contributed by atoms with Gasteiger partial charge in [-0.05, 0) is 24.3 Å². The van der Waals surface area contributed by atoms with Crippen LogP contribution in [0.25, 0.3) is 0 Å². The van der Waals surface area contributed by atoms with Crippen LogP contribution in [0.15, 0.2) is 36.7 Å². The molecule has 0 saturated carbocycles. The molecule has 0 fully saturated rings. The fraction of sp³-hybridized carbons (Fsp3) is 0. The smallest absolute Gasteiger partial charge is 0.356 e. The topological polar surface area (TPSA) is 92.2 Å². The van der Waals surface area contributed by atoms with E-state index in [-0.39, 0.29) is 5.69 Å². The normalized spacial score (nSPS) is 9.95. The molecular formula is C12H8ClN3O3. The van der Waals surface area contributed by atoms with Gasteiger partial charge < -0.3 is 10.4 Å². The van der Waals surface area contributed by atoms with Crippen molar-refractivity contribution in [2.75, 3.05) is 5.32 Å². The minimum absolute atomic E-state index is 0.245. The number of aromatic nitrogens is 2. The van der Waals surface area contributed by atoms with Crippen molar-refractivity contribution in [3.63, 3.8) is 0 Å². The number of benzene rings is 1. The Hall–Kier alpha value is -2.47. The second kappa shape index (κ2) is 5.45. The van der Waals surface area contributed by atoms with Crippen LogP contribution >= 0.6 is 11.6 Å². The van der Waals surface area contributed by atoms with E-state index in [0.29, 0.717) is 10.7 Å². The molecular weight excluding hydrogens is 270 g/mol. The highest BCUT2D eigenvalue weighted by Gasteiger charge is 2.19. The molecule has 0 aliphatic heterocycles. The third kappa shape index (κ3) is 3.05. The highest BCUT2D eigenvalue weighted by Crippen LogP contribution is 2.14. The molecule has 1 amide bonds. The fourth-order valence-corrected chi connectivity index (χ4v) is 1.51. The monoisotopic (exact) mass is 277 g/mol. The maximum absolute atomic E-state index is 11.9. The summed E-state index contributed by atoms with van der Waals surface area (Å²) in [5.74, 6) is -1.96. The molecule has 1 heterocycles. The fourth-order valence-electron chi connectivity index (χ4n) is 1.38. The summed E-state index contributed by atoms with van der Waals surface area (Å²) >= 11 is 5.72. The first-order valence-electron chi connectivity index (χ1n) is 5.19. The maximum Gasteiger partial charge on any atom is 0.356 e. The van der Waals surface area contributed by atoms with Crippen molar-refractivity contribution < 1.29 is 14.7 Å². The minimum atomic E-state index is -1.31. The highest BCUT2D eigenvalue weighted by atomic mass is 35.5. The second-order valence-electron chi connectivity index (χ2n) is 3.52.